The lowest BCUT2D eigenvalue weighted by Crippen LogP contribution is -2.24. The zero-order valence-corrected chi connectivity index (χ0v) is 15.7. The van der Waals surface area contributed by atoms with E-state index in [0.717, 1.165) is 22.3 Å². The zero-order chi connectivity index (χ0) is 20.9. The number of hydrogen-bond donors (Lipinski definition) is 3. The number of rotatable bonds is 9. The Balaban J connectivity index is 1.73. The van der Waals surface area contributed by atoms with Crippen molar-refractivity contribution in [2.24, 2.45) is 16.7 Å². The van der Waals surface area contributed by atoms with Crippen LogP contribution in [0.1, 0.15) is 24.0 Å². The van der Waals surface area contributed by atoms with Gasteiger partial charge < -0.3 is 21.5 Å². The van der Waals surface area contributed by atoms with Gasteiger partial charge in [0, 0.05) is 48.4 Å². The average molecular weight is 400 g/mol. The summed E-state index contributed by atoms with van der Waals surface area (Å²) < 4.78 is 29.7. The number of nitrogens with zero attached hydrogens (tertiary/aromatic N) is 3. The van der Waals surface area contributed by atoms with Crippen LogP contribution in [0, 0.1) is 0 Å². The van der Waals surface area contributed by atoms with Crippen molar-refractivity contribution < 1.29 is 13.6 Å². The Morgan fingerprint density at radius 3 is 2.69 bits per heavy atom. The summed E-state index contributed by atoms with van der Waals surface area (Å²) in [6.45, 7) is -0.0434. The Morgan fingerprint density at radius 2 is 2.00 bits per heavy atom. The predicted octanol–water partition coefficient (Wildman–Crippen LogP) is 2.31. The van der Waals surface area contributed by atoms with Gasteiger partial charge in [-0.3, -0.25) is 4.79 Å². The van der Waals surface area contributed by atoms with E-state index in [1.807, 2.05) is 47.2 Å². The fraction of sp³-hybridized carbons (Fsp3) is 0.250. The van der Waals surface area contributed by atoms with Crippen LogP contribution in [0.15, 0.2) is 53.9 Å². The van der Waals surface area contributed by atoms with Crippen molar-refractivity contribution in [1.82, 2.24) is 14.9 Å². The smallest absolute Gasteiger partial charge is 0.250 e. The molecule has 0 fully saturated rings. The van der Waals surface area contributed by atoms with E-state index in [1.54, 1.807) is 6.20 Å². The molecule has 9 heteroatoms. The van der Waals surface area contributed by atoms with Crippen molar-refractivity contribution in [2.75, 3.05) is 6.54 Å². The van der Waals surface area contributed by atoms with E-state index in [2.05, 4.69) is 15.4 Å². The van der Waals surface area contributed by atoms with Crippen LogP contribution in [0.5, 0.6) is 0 Å². The first-order valence-corrected chi connectivity index (χ1v) is 9.08. The Labute approximate surface area is 166 Å². The molecule has 1 aromatic carbocycles. The van der Waals surface area contributed by atoms with Crippen molar-refractivity contribution in [3.8, 4) is 5.69 Å². The van der Waals surface area contributed by atoms with Crippen LogP contribution in [0.2, 0.25) is 0 Å². The number of alkyl halides is 2. The highest BCUT2D eigenvalue weighted by molar-refractivity contribution is 5.97. The minimum atomic E-state index is -2.84. The van der Waals surface area contributed by atoms with Gasteiger partial charge in [0.05, 0.1) is 0 Å². The van der Waals surface area contributed by atoms with Crippen molar-refractivity contribution in [3.63, 3.8) is 0 Å². The van der Waals surface area contributed by atoms with Crippen LogP contribution in [0.25, 0.3) is 16.7 Å². The lowest BCUT2D eigenvalue weighted by atomic mass is 10.0. The Morgan fingerprint density at radius 1 is 1.24 bits per heavy atom. The molecule has 0 bridgehead atoms. The second-order valence-corrected chi connectivity index (χ2v) is 6.68. The number of aryl methyl sites for hydroxylation is 1. The number of nitrogens with one attached hydrogen (secondary N) is 1. The van der Waals surface area contributed by atoms with Crippen molar-refractivity contribution in [3.05, 3.63) is 59.9 Å². The van der Waals surface area contributed by atoms with Crippen LogP contribution in [0.4, 0.5) is 8.78 Å². The molecule has 0 saturated carbocycles. The molecule has 0 spiro atoms. The highest BCUT2D eigenvalue weighted by Crippen LogP contribution is 2.26. The summed E-state index contributed by atoms with van der Waals surface area (Å²) in [4.78, 5) is 14.6. The van der Waals surface area contributed by atoms with Gasteiger partial charge in [0.15, 0.2) is 0 Å². The van der Waals surface area contributed by atoms with Gasteiger partial charge in [-0.15, -0.1) is 0 Å². The SMILES string of the molecule is N/N=C(\N)c1ccc(-n2ccc3cc(CCC(F)(F)CCNC=O)cnc32)cc1. The molecule has 152 valence electrons. The maximum absolute atomic E-state index is 13.9. The highest BCUT2D eigenvalue weighted by atomic mass is 19.3. The van der Waals surface area contributed by atoms with Crippen molar-refractivity contribution in [1.29, 1.82) is 0 Å². The van der Waals surface area contributed by atoms with E-state index in [0.29, 0.717) is 12.0 Å². The van der Waals surface area contributed by atoms with E-state index in [1.165, 1.54) is 0 Å². The van der Waals surface area contributed by atoms with Crippen LogP contribution < -0.4 is 16.9 Å². The van der Waals surface area contributed by atoms with Gasteiger partial charge in [0.1, 0.15) is 11.5 Å². The maximum atomic E-state index is 13.9. The van der Waals surface area contributed by atoms with Gasteiger partial charge in [-0.1, -0.05) is 0 Å². The molecule has 0 radical (unpaired) electrons. The summed E-state index contributed by atoms with van der Waals surface area (Å²) >= 11 is 0. The molecule has 0 unspecified atom stereocenters. The first kappa shape index (κ1) is 20.2. The second kappa shape index (κ2) is 8.68. The Bertz CT molecular complexity index is 1010. The van der Waals surface area contributed by atoms with Crippen molar-refractivity contribution in [2.45, 2.75) is 25.2 Å². The summed E-state index contributed by atoms with van der Waals surface area (Å²) in [5.74, 6) is 2.60. The number of fused-ring (bicyclic) bond motifs is 1. The molecule has 2 aromatic heterocycles. The molecule has 0 aliphatic heterocycles. The van der Waals surface area contributed by atoms with Gasteiger partial charge in [0.25, 0.3) is 0 Å². The number of benzene rings is 1. The molecule has 0 atom stereocenters. The number of hydrazone groups is 1. The minimum absolute atomic E-state index is 0.0434. The number of carbonyl (C=O) groups excluding carboxylic acids is 1. The van der Waals surface area contributed by atoms with E-state index in [4.69, 9.17) is 11.6 Å². The highest BCUT2D eigenvalue weighted by Gasteiger charge is 2.27. The number of hydrogen-bond acceptors (Lipinski definition) is 4. The molecule has 1 amide bonds. The third kappa shape index (κ3) is 4.87. The van der Waals surface area contributed by atoms with Crippen LogP contribution >= 0.6 is 0 Å². The largest absolute Gasteiger partial charge is 0.382 e. The number of halogens is 2. The van der Waals surface area contributed by atoms with Crippen LogP contribution in [-0.4, -0.2) is 34.3 Å². The molecule has 3 aromatic rings. The molecule has 0 aliphatic rings. The third-order valence-corrected chi connectivity index (χ3v) is 4.66. The predicted molar refractivity (Wildman–Crippen MR) is 108 cm³/mol. The van der Waals surface area contributed by atoms with E-state index in [9.17, 15) is 13.6 Å². The van der Waals surface area contributed by atoms with Crippen LogP contribution in [0.3, 0.4) is 0 Å². The molecule has 5 N–H and O–H groups in total. The summed E-state index contributed by atoms with van der Waals surface area (Å²) in [6, 6.07) is 11.1. The summed E-state index contributed by atoms with van der Waals surface area (Å²) in [6.07, 6.45) is 3.43. The van der Waals surface area contributed by atoms with Crippen molar-refractivity contribution >= 4 is 23.3 Å². The molecule has 0 aliphatic carbocycles. The number of amides is 1. The minimum Gasteiger partial charge on any atom is -0.382 e. The fourth-order valence-electron chi connectivity index (χ4n) is 3.05. The quantitative estimate of drug-likeness (QED) is 0.128. The molecular weight excluding hydrogens is 378 g/mol. The maximum Gasteiger partial charge on any atom is 0.250 e. The number of carbonyl (C=O) groups is 1. The standard InChI is InChI=1S/C20H22F2N6O/c21-20(22,8-9-25-13-29)7-5-14-11-16-6-10-28(19(16)26-12-14)17-3-1-15(2-4-17)18(23)27-24/h1-4,6,10-13H,5,7-9,24H2,(H2,23,27)(H,25,29). The first-order chi connectivity index (χ1) is 13.9. The Hall–Kier alpha value is -3.49. The van der Waals surface area contributed by atoms with Crippen LogP contribution in [-0.2, 0) is 11.2 Å². The lowest BCUT2D eigenvalue weighted by Gasteiger charge is -2.15. The molecule has 2 heterocycles. The molecular formula is C20H22F2N6O. The van der Waals surface area contributed by atoms with Gasteiger partial charge >= 0.3 is 0 Å². The molecule has 0 saturated heterocycles. The normalized spacial score (nSPS) is 12.3. The van der Waals surface area contributed by atoms with E-state index in [-0.39, 0.29) is 31.6 Å². The van der Waals surface area contributed by atoms with Gasteiger partial charge in [-0.2, -0.15) is 5.10 Å². The number of aromatic nitrogens is 2. The second-order valence-electron chi connectivity index (χ2n) is 6.68. The number of nitrogens with two attached hydrogens (primary N) is 2. The molecule has 3 rings (SSSR count). The average Bonchev–Trinajstić information content (AvgIpc) is 3.15. The lowest BCUT2D eigenvalue weighted by molar-refractivity contribution is -0.109. The summed E-state index contributed by atoms with van der Waals surface area (Å²) in [5, 5.41) is 6.59. The zero-order valence-electron chi connectivity index (χ0n) is 15.7. The topological polar surface area (TPSA) is 111 Å². The van der Waals surface area contributed by atoms with Gasteiger partial charge in [0.2, 0.25) is 12.3 Å². The fourth-order valence-corrected chi connectivity index (χ4v) is 3.05. The number of pyridine rings is 1. The molecule has 29 heavy (non-hydrogen) atoms. The van der Waals surface area contributed by atoms with E-state index >= 15 is 0 Å². The first-order valence-electron chi connectivity index (χ1n) is 9.08. The summed E-state index contributed by atoms with van der Waals surface area (Å²) in [5.41, 5.74) is 8.75. The molecule has 7 nitrogen and oxygen atoms in total. The van der Waals surface area contributed by atoms with Gasteiger partial charge in [-0.05, 0) is 48.4 Å². The Kier molecular flexibility index (Phi) is 6.06. The van der Waals surface area contributed by atoms with Gasteiger partial charge in [-0.25, -0.2) is 13.8 Å². The summed E-state index contributed by atoms with van der Waals surface area (Å²) in [7, 11) is 0. The van der Waals surface area contributed by atoms with E-state index < -0.39 is 5.92 Å². The monoisotopic (exact) mass is 400 g/mol. The number of amidine groups is 1. The third-order valence-electron chi connectivity index (χ3n) is 4.66.